The minimum Gasteiger partial charge on any atom is -0.494 e. The third-order valence-corrected chi connectivity index (χ3v) is 4.78. The van der Waals surface area contributed by atoms with Crippen molar-refractivity contribution in [3.8, 4) is 5.75 Å². The van der Waals surface area contributed by atoms with Crippen LogP contribution in [-0.2, 0) is 29.0 Å². The summed E-state index contributed by atoms with van der Waals surface area (Å²) in [5.41, 5.74) is 10.2. The molecule has 0 aliphatic carbocycles. The third kappa shape index (κ3) is 10.9. The van der Waals surface area contributed by atoms with Crippen molar-refractivity contribution in [1.82, 2.24) is 0 Å². The first-order valence-corrected chi connectivity index (χ1v) is 11.5. The van der Waals surface area contributed by atoms with Gasteiger partial charge in [0.15, 0.2) is 0 Å². The first-order valence-electron chi connectivity index (χ1n) is 11.5. The second-order valence-electron chi connectivity index (χ2n) is 7.69. The van der Waals surface area contributed by atoms with E-state index in [-0.39, 0.29) is 6.42 Å². The molecule has 5 nitrogen and oxygen atoms in total. The standard InChI is InChI=1S/C24H31NO4.C3H8/c1-3-20-16-22(13-11-21(20)12-14-24(26)27)28-15-7-10-23(25)18(2)29-17-19-8-5-4-6-9-19;1-3-2/h4-6,8-9,11,13,16H,3,7,10,12,14-15,17,25H2,1-2H3,(H,26,27);3H2,1-2H3/b23-18-;. The van der Waals surface area contributed by atoms with Crippen LogP contribution in [0.2, 0.25) is 0 Å². The molecule has 2 aromatic rings. The van der Waals surface area contributed by atoms with Gasteiger partial charge in [-0.3, -0.25) is 4.79 Å². The van der Waals surface area contributed by atoms with E-state index >= 15 is 0 Å². The molecule has 0 heterocycles. The van der Waals surface area contributed by atoms with Gasteiger partial charge in [0, 0.05) is 12.1 Å². The predicted octanol–water partition coefficient (Wildman–Crippen LogP) is 6.25. The van der Waals surface area contributed by atoms with E-state index in [9.17, 15) is 4.79 Å². The fraction of sp³-hybridized carbons (Fsp3) is 0.444. The second kappa shape index (κ2) is 15.8. The summed E-state index contributed by atoms with van der Waals surface area (Å²) in [7, 11) is 0. The zero-order valence-corrected chi connectivity index (χ0v) is 20.0. The monoisotopic (exact) mass is 441 g/mol. The Kier molecular flexibility index (Phi) is 13.4. The lowest BCUT2D eigenvalue weighted by molar-refractivity contribution is -0.136. The van der Waals surface area contributed by atoms with Crippen LogP contribution in [0.5, 0.6) is 5.75 Å². The topological polar surface area (TPSA) is 81.8 Å². The Bertz CT molecular complexity index is 831. The molecule has 0 saturated carbocycles. The van der Waals surface area contributed by atoms with Crippen LogP contribution in [0.25, 0.3) is 0 Å². The zero-order chi connectivity index (χ0) is 23.8. The van der Waals surface area contributed by atoms with Crippen molar-refractivity contribution in [3.63, 3.8) is 0 Å². The summed E-state index contributed by atoms with van der Waals surface area (Å²) < 4.78 is 11.6. The van der Waals surface area contributed by atoms with E-state index in [1.54, 1.807) is 0 Å². The van der Waals surface area contributed by atoms with Gasteiger partial charge in [-0.1, -0.05) is 63.6 Å². The molecule has 5 heteroatoms. The van der Waals surface area contributed by atoms with Crippen LogP contribution in [0.3, 0.4) is 0 Å². The molecule has 32 heavy (non-hydrogen) atoms. The van der Waals surface area contributed by atoms with Gasteiger partial charge < -0.3 is 20.3 Å². The summed E-state index contributed by atoms with van der Waals surface area (Å²) in [4.78, 5) is 10.8. The number of allylic oxidation sites excluding steroid dienone is 2. The molecule has 0 bridgehead atoms. The van der Waals surface area contributed by atoms with E-state index in [2.05, 4.69) is 20.8 Å². The van der Waals surface area contributed by atoms with Crippen molar-refractivity contribution < 1.29 is 19.4 Å². The molecule has 0 radical (unpaired) electrons. The minimum absolute atomic E-state index is 0.143. The number of benzene rings is 2. The van der Waals surface area contributed by atoms with Crippen LogP contribution in [0.4, 0.5) is 0 Å². The number of rotatable bonds is 12. The average Bonchev–Trinajstić information content (AvgIpc) is 2.80. The Labute approximate surface area is 193 Å². The fourth-order valence-electron chi connectivity index (χ4n) is 2.99. The van der Waals surface area contributed by atoms with Crippen LogP contribution in [0.1, 0.15) is 70.1 Å². The molecule has 0 aliphatic heterocycles. The Hall–Kier alpha value is -2.95. The van der Waals surface area contributed by atoms with Crippen LogP contribution < -0.4 is 10.5 Å². The lowest BCUT2D eigenvalue weighted by Gasteiger charge is -2.12. The molecule has 2 rings (SSSR count). The predicted molar refractivity (Wildman–Crippen MR) is 131 cm³/mol. The molecule has 0 aromatic heterocycles. The number of ether oxygens (including phenoxy) is 2. The quantitative estimate of drug-likeness (QED) is 0.300. The van der Waals surface area contributed by atoms with E-state index in [4.69, 9.17) is 20.3 Å². The maximum atomic E-state index is 10.8. The molecule has 0 unspecified atom stereocenters. The molecular formula is C27H39NO4. The zero-order valence-electron chi connectivity index (χ0n) is 20.0. The molecule has 0 aliphatic rings. The number of nitrogens with two attached hydrogens (primary N) is 1. The van der Waals surface area contributed by atoms with Crippen LogP contribution >= 0.6 is 0 Å². The molecule has 176 valence electrons. The van der Waals surface area contributed by atoms with Gasteiger partial charge in [-0.05, 0) is 61.4 Å². The number of carboxylic acids is 1. The van der Waals surface area contributed by atoms with Gasteiger partial charge >= 0.3 is 5.97 Å². The van der Waals surface area contributed by atoms with Gasteiger partial charge in [-0.15, -0.1) is 0 Å². The van der Waals surface area contributed by atoms with Gasteiger partial charge in [0.05, 0.1) is 6.61 Å². The van der Waals surface area contributed by atoms with Crippen LogP contribution in [-0.4, -0.2) is 17.7 Å². The van der Waals surface area contributed by atoms with Crippen molar-refractivity contribution in [2.45, 2.75) is 72.8 Å². The number of carbonyl (C=O) groups is 1. The van der Waals surface area contributed by atoms with Crippen molar-refractivity contribution in [2.75, 3.05) is 6.61 Å². The molecule has 0 saturated heterocycles. The van der Waals surface area contributed by atoms with Crippen molar-refractivity contribution in [2.24, 2.45) is 5.73 Å². The maximum Gasteiger partial charge on any atom is 0.303 e. The normalized spacial score (nSPS) is 11.1. The van der Waals surface area contributed by atoms with Crippen LogP contribution in [0.15, 0.2) is 60.0 Å². The SMILES string of the molecule is CCC.CCc1cc(OCCC/C(N)=C(\C)OCc2ccccc2)ccc1CCC(=O)O. The molecule has 0 spiro atoms. The van der Waals surface area contributed by atoms with E-state index in [1.807, 2.05) is 55.5 Å². The van der Waals surface area contributed by atoms with E-state index < -0.39 is 5.97 Å². The van der Waals surface area contributed by atoms with Crippen LogP contribution in [0, 0.1) is 0 Å². The fourth-order valence-corrected chi connectivity index (χ4v) is 2.99. The summed E-state index contributed by atoms with van der Waals surface area (Å²) in [6.07, 6.45) is 4.28. The molecule has 0 amide bonds. The summed E-state index contributed by atoms with van der Waals surface area (Å²) in [5.74, 6) is 0.784. The van der Waals surface area contributed by atoms with Crippen molar-refractivity contribution in [1.29, 1.82) is 0 Å². The highest BCUT2D eigenvalue weighted by molar-refractivity contribution is 5.67. The maximum absolute atomic E-state index is 10.8. The van der Waals surface area contributed by atoms with Gasteiger partial charge in [0.1, 0.15) is 18.1 Å². The second-order valence-corrected chi connectivity index (χ2v) is 7.69. The minimum atomic E-state index is -0.777. The summed E-state index contributed by atoms with van der Waals surface area (Å²) >= 11 is 0. The number of carboxylic acid groups (broad SMARTS) is 1. The number of aryl methyl sites for hydroxylation is 2. The van der Waals surface area contributed by atoms with E-state index in [1.165, 1.54) is 6.42 Å². The third-order valence-electron chi connectivity index (χ3n) is 4.78. The summed E-state index contributed by atoms with van der Waals surface area (Å²) in [6.45, 7) is 9.28. The van der Waals surface area contributed by atoms with Gasteiger partial charge in [0.2, 0.25) is 0 Å². The molecule has 0 fully saturated rings. The largest absolute Gasteiger partial charge is 0.494 e. The average molecular weight is 442 g/mol. The molecular weight excluding hydrogens is 402 g/mol. The van der Waals surface area contributed by atoms with Crippen molar-refractivity contribution >= 4 is 5.97 Å². The van der Waals surface area contributed by atoms with Gasteiger partial charge in [-0.2, -0.15) is 0 Å². The Morgan fingerprint density at radius 3 is 2.31 bits per heavy atom. The lowest BCUT2D eigenvalue weighted by Crippen LogP contribution is -2.07. The Morgan fingerprint density at radius 2 is 1.69 bits per heavy atom. The number of hydrogen-bond donors (Lipinski definition) is 2. The first-order chi connectivity index (χ1) is 15.4. The number of aliphatic carboxylic acids is 1. The molecule has 2 aromatic carbocycles. The van der Waals surface area contributed by atoms with E-state index in [0.29, 0.717) is 26.1 Å². The lowest BCUT2D eigenvalue weighted by atomic mass is 10.0. The summed E-state index contributed by atoms with van der Waals surface area (Å²) in [5, 5.41) is 8.86. The van der Waals surface area contributed by atoms with Crippen molar-refractivity contribution in [3.05, 3.63) is 76.7 Å². The van der Waals surface area contributed by atoms with E-state index in [0.717, 1.165) is 46.7 Å². The Morgan fingerprint density at radius 1 is 1.00 bits per heavy atom. The highest BCUT2D eigenvalue weighted by atomic mass is 16.5. The van der Waals surface area contributed by atoms with Gasteiger partial charge in [0.25, 0.3) is 0 Å². The first kappa shape index (κ1) is 27.1. The number of hydrogen-bond acceptors (Lipinski definition) is 4. The Balaban J connectivity index is 0.00000161. The highest BCUT2D eigenvalue weighted by Gasteiger charge is 2.07. The molecule has 0 atom stereocenters. The van der Waals surface area contributed by atoms with Gasteiger partial charge in [-0.25, -0.2) is 0 Å². The smallest absolute Gasteiger partial charge is 0.303 e. The molecule has 3 N–H and O–H groups in total. The highest BCUT2D eigenvalue weighted by Crippen LogP contribution is 2.20. The summed E-state index contributed by atoms with van der Waals surface area (Å²) in [6, 6.07) is 15.9.